The maximum absolute atomic E-state index is 14.1. The van der Waals surface area contributed by atoms with Gasteiger partial charge in [0.15, 0.2) is 0 Å². The molecule has 2 aliphatic rings. The van der Waals surface area contributed by atoms with Gasteiger partial charge in [-0.3, -0.25) is 14.5 Å². The molecule has 0 aromatic heterocycles. The average Bonchev–Trinajstić information content (AvgIpc) is 3.18. The van der Waals surface area contributed by atoms with Crippen molar-refractivity contribution >= 4 is 23.4 Å². The Balaban J connectivity index is 1.51. The Morgan fingerprint density at radius 1 is 1.32 bits per heavy atom. The van der Waals surface area contributed by atoms with Gasteiger partial charge in [-0.05, 0) is 30.9 Å². The summed E-state index contributed by atoms with van der Waals surface area (Å²) in [5.41, 5.74) is 0.362. The number of amides is 2. The Morgan fingerprint density at radius 2 is 2.11 bits per heavy atom. The van der Waals surface area contributed by atoms with Gasteiger partial charge in [0.1, 0.15) is 5.82 Å². The molecular weight excluding hydrogens is 381 g/mol. The number of benzene rings is 1. The summed E-state index contributed by atoms with van der Waals surface area (Å²) in [5.74, 6) is 0.0774. The molecule has 0 bridgehead atoms. The highest BCUT2D eigenvalue weighted by Crippen LogP contribution is 2.28. The Morgan fingerprint density at radius 3 is 2.86 bits per heavy atom. The highest BCUT2D eigenvalue weighted by molar-refractivity contribution is 6.31. The molecule has 1 aliphatic carbocycles. The summed E-state index contributed by atoms with van der Waals surface area (Å²) in [5, 5.41) is 6.07. The zero-order valence-electron chi connectivity index (χ0n) is 16.2. The highest BCUT2D eigenvalue weighted by atomic mass is 35.5. The zero-order chi connectivity index (χ0) is 19.9. The lowest BCUT2D eigenvalue weighted by atomic mass is 10.0. The largest absolute Gasteiger partial charge is 0.356 e. The fraction of sp³-hybridized carbons (Fsp3) is 0.619. The molecule has 1 atom stereocenters. The van der Waals surface area contributed by atoms with E-state index >= 15 is 0 Å². The lowest BCUT2D eigenvalue weighted by molar-refractivity contribution is -0.134. The SMILES string of the molecule is O=C(C[C@@H]1C(=O)NCCN1Cc1c(F)cccc1Cl)NCCCC1CCCC1. The minimum atomic E-state index is -0.612. The first-order chi connectivity index (χ1) is 13.5. The van der Waals surface area contributed by atoms with Crippen LogP contribution >= 0.6 is 11.6 Å². The van der Waals surface area contributed by atoms with Gasteiger partial charge in [-0.2, -0.15) is 0 Å². The molecule has 7 heteroatoms. The van der Waals surface area contributed by atoms with Crippen LogP contribution in [0.25, 0.3) is 0 Å². The minimum Gasteiger partial charge on any atom is -0.356 e. The van der Waals surface area contributed by atoms with Crippen molar-refractivity contribution in [3.05, 3.63) is 34.6 Å². The number of nitrogens with zero attached hydrogens (tertiary/aromatic N) is 1. The van der Waals surface area contributed by atoms with Crippen molar-refractivity contribution < 1.29 is 14.0 Å². The van der Waals surface area contributed by atoms with Gasteiger partial charge in [-0.25, -0.2) is 4.39 Å². The van der Waals surface area contributed by atoms with E-state index in [4.69, 9.17) is 11.6 Å². The second-order valence-corrected chi connectivity index (χ2v) is 8.23. The van der Waals surface area contributed by atoms with E-state index in [-0.39, 0.29) is 24.8 Å². The number of carbonyl (C=O) groups is 2. The normalized spacial score (nSPS) is 20.9. The third-order valence-corrected chi connectivity index (χ3v) is 6.18. The van der Waals surface area contributed by atoms with Gasteiger partial charge in [-0.15, -0.1) is 0 Å². The van der Waals surface area contributed by atoms with E-state index in [1.807, 2.05) is 4.90 Å². The molecule has 1 aromatic carbocycles. The summed E-state index contributed by atoms with van der Waals surface area (Å²) in [4.78, 5) is 26.5. The molecular formula is C21H29ClFN3O2. The Labute approximate surface area is 171 Å². The molecule has 1 saturated heterocycles. The maximum atomic E-state index is 14.1. The standard InChI is InChI=1S/C21H29ClFN3O2/c22-17-8-3-9-18(23)16(17)14-26-12-11-25-21(28)19(26)13-20(27)24-10-4-7-15-5-1-2-6-15/h3,8-9,15,19H,1-2,4-7,10-14H2,(H,24,27)(H,25,28)/t19-/m1/s1. The van der Waals surface area contributed by atoms with E-state index in [2.05, 4.69) is 10.6 Å². The third kappa shape index (κ3) is 5.67. The van der Waals surface area contributed by atoms with Crippen LogP contribution in [0.2, 0.25) is 5.02 Å². The first-order valence-electron chi connectivity index (χ1n) is 10.3. The Kier molecular flexibility index (Phi) is 7.68. The van der Waals surface area contributed by atoms with Gasteiger partial charge in [0.2, 0.25) is 11.8 Å². The van der Waals surface area contributed by atoms with Crippen molar-refractivity contribution in [1.82, 2.24) is 15.5 Å². The molecule has 154 valence electrons. The Bertz CT molecular complexity index is 674. The van der Waals surface area contributed by atoms with Crippen molar-refractivity contribution in [3.63, 3.8) is 0 Å². The fourth-order valence-corrected chi connectivity index (χ4v) is 4.45. The van der Waals surface area contributed by atoms with Gasteiger partial charge in [-0.1, -0.05) is 43.4 Å². The second kappa shape index (κ2) is 10.2. The van der Waals surface area contributed by atoms with Crippen LogP contribution < -0.4 is 10.6 Å². The lowest BCUT2D eigenvalue weighted by Gasteiger charge is -2.35. The molecule has 5 nitrogen and oxygen atoms in total. The first kappa shape index (κ1) is 21.1. The quantitative estimate of drug-likeness (QED) is 0.648. The van der Waals surface area contributed by atoms with Gasteiger partial charge >= 0.3 is 0 Å². The molecule has 1 saturated carbocycles. The van der Waals surface area contributed by atoms with Crippen molar-refractivity contribution in [2.45, 2.75) is 57.5 Å². The number of rotatable bonds is 8. The fourth-order valence-electron chi connectivity index (χ4n) is 4.23. The summed E-state index contributed by atoms with van der Waals surface area (Å²) in [6.45, 7) is 1.88. The predicted molar refractivity (Wildman–Crippen MR) is 107 cm³/mol. The number of hydrogen-bond donors (Lipinski definition) is 2. The molecule has 1 aromatic rings. The summed E-state index contributed by atoms with van der Waals surface area (Å²) < 4.78 is 14.1. The van der Waals surface area contributed by atoms with Gasteiger partial charge < -0.3 is 10.6 Å². The molecule has 0 spiro atoms. The van der Waals surface area contributed by atoms with Crippen LogP contribution in [-0.2, 0) is 16.1 Å². The monoisotopic (exact) mass is 409 g/mol. The average molecular weight is 410 g/mol. The van der Waals surface area contributed by atoms with E-state index < -0.39 is 11.9 Å². The number of hydrogen-bond acceptors (Lipinski definition) is 3. The highest BCUT2D eigenvalue weighted by Gasteiger charge is 2.32. The maximum Gasteiger partial charge on any atom is 0.237 e. The molecule has 0 radical (unpaired) electrons. The molecule has 1 heterocycles. The van der Waals surface area contributed by atoms with Crippen molar-refractivity contribution in [2.24, 2.45) is 5.92 Å². The summed E-state index contributed by atoms with van der Waals surface area (Å²) in [6.07, 6.45) is 7.48. The van der Waals surface area contributed by atoms with Crippen LogP contribution in [0.3, 0.4) is 0 Å². The smallest absolute Gasteiger partial charge is 0.237 e. The van der Waals surface area contributed by atoms with Crippen molar-refractivity contribution in [3.8, 4) is 0 Å². The number of piperazine rings is 1. The molecule has 2 N–H and O–H groups in total. The van der Waals surface area contributed by atoms with Crippen LogP contribution in [0.4, 0.5) is 4.39 Å². The van der Waals surface area contributed by atoms with Crippen molar-refractivity contribution in [1.29, 1.82) is 0 Å². The van der Waals surface area contributed by atoms with Crippen molar-refractivity contribution in [2.75, 3.05) is 19.6 Å². The van der Waals surface area contributed by atoms with Gasteiger partial charge in [0.05, 0.1) is 12.5 Å². The number of halogens is 2. The molecule has 2 amide bonds. The molecule has 28 heavy (non-hydrogen) atoms. The topological polar surface area (TPSA) is 61.4 Å². The second-order valence-electron chi connectivity index (χ2n) is 7.82. The van der Waals surface area contributed by atoms with Gasteiger partial charge in [0.25, 0.3) is 0 Å². The summed E-state index contributed by atoms with van der Waals surface area (Å²) >= 11 is 6.13. The molecule has 0 unspecified atom stereocenters. The summed E-state index contributed by atoms with van der Waals surface area (Å²) in [7, 11) is 0. The summed E-state index contributed by atoms with van der Waals surface area (Å²) in [6, 6.07) is 3.94. The van der Waals surface area contributed by atoms with E-state index in [0.29, 0.717) is 30.2 Å². The molecule has 1 aliphatic heterocycles. The number of nitrogens with one attached hydrogen (secondary N) is 2. The zero-order valence-corrected chi connectivity index (χ0v) is 16.9. The minimum absolute atomic E-state index is 0.0708. The van der Waals surface area contributed by atoms with E-state index in [0.717, 1.165) is 18.8 Å². The predicted octanol–water partition coefficient (Wildman–Crippen LogP) is 3.26. The van der Waals surface area contributed by atoms with E-state index in [1.165, 1.54) is 31.7 Å². The van der Waals surface area contributed by atoms with Crippen LogP contribution in [-0.4, -0.2) is 42.4 Å². The van der Waals surface area contributed by atoms with Crippen LogP contribution in [0.1, 0.15) is 50.5 Å². The molecule has 2 fully saturated rings. The van der Waals surface area contributed by atoms with Crippen LogP contribution in [0.15, 0.2) is 18.2 Å². The van der Waals surface area contributed by atoms with Crippen LogP contribution in [0, 0.1) is 11.7 Å². The van der Waals surface area contributed by atoms with E-state index in [9.17, 15) is 14.0 Å². The number of carbonyl (C=O) groups excluding carboxylic acids is 2. The first-order valence-corrected chi connectivity index (χ1v) is 10.6. The third-order valence-electron chi connectivity index (χ3n) is 5.83. The van der Waals surface area contributed by atoms with Crippen LogP contribution in [0.5, 0.6) is 0 Å². The lowest BCUT2D eigenvalue weighted by Crippen LogP contribution is -2.56. The molecule has 3 rings (SSSR count). The Hall–Kier alpha value is -1.66. The van der Waals surface area contributed by atoms with Gasteiger partial charge in [0, 0.05) is 36.8 Å². The van der Waals surface area contributed by atoms with E-state index in [1.54, 1.807) is 12.1 Å².